The molecule has 0 atom stereocenters. The summed E-state index contributed by atoms with van der Waals surface area (Å²) in [6.45, 7) is 0. The molecule has 10 heavy (non-hydrogen) atoms. The maximum atomic E-state index is 8.74. The summed E-state index contributed by atoms with van der Waals surface area (Å²) in [5.41, 5.74) is 0. The third-order valence-corrected chi connectivity index (χ3v) is 0. The van der Waals surface area contributed by atoms with E-state index in [9.17, 15) is 0 Å². The normalized spacial score (nSPS) is 7.00. The van der Waals surface area contributed by atoms with Gasteiger partial charge in [-0.2, -0.15) is 8.42 Å². The van der Waals surface area contributed by atoms with Crippen LogP contribution in [0.15, 0.2) is 5.34 Å². The number of hydrogen-bond donors (Lipinski definition) is 3. The molecule has 0 heterocycles. The number of rotatable bonds is 0. The van der Waals surface area contributed by atoms with Crippen LogP contribution in [0.2, 0.25) is 0 Å². The van der Waals surface area contributed by atoms with Gasteiger partial charge < -0.3 is 5.21 Å². The van der Waals surface area contributed by atoms with Gasteiger partial charge in [-0.05, 0) is 0 Å². The summed E-state index contributed by atoms with van der Waals surface area (Å²) in [4.78, 5) is 8.11. The SMILES string of the molecule is O=NO.O=S(=O)(O)O.[Ag].[Ag]. The first-order chi connectivity index (χ1) is 3.41. The van der Waals surface area contributed by atoms with Gasteiger partial charge in [-0.3, -0.25) is 9.11 Å². The van der Waals surface area contributed by atoms with E-state index in [4.69, 9.17) is 27.6 Å². The fourth-order valence-corrected chi connectivity index (χ4v) is 0. The Hall–Kier alpha value is 0.751. The van der Waals surface area contributed by atoms with Crippen molar-refractivity contribution >= 4 is 10.4 Å². The molecule has 0 aromatic carbocycles. The monoisotopic (exact) mass is 359 g/mol. The van der Waals surface area contributed by atoms with Crippen molar-refractivity contribution < 1.29 is 67.5 Å². The van der Waals surface area contributed by atoms with E-state index < -0.39 is 10.4 Å². The van der Waals surface area contributed by atoms with Crippen molar-refractivity contribution in [3.8, 4) is 0 Å². The summed E-state index contributed by atoms with van der Waals surface area (Å²) in [6.07, 6.45) is 0. The Kier molecular flexibility index (Phi) is 27.9. The summed E-state index contributed by atoms with van der Waals surface area (Å²) < 4.78 is 31.6. The second-order valence-corrected chi connectivity index (χ2v) is 1.43. The molecule has 3 N–H and O–H groups in total. The predicted molar refractivity (Wildman–Crippen MR) is 21.8 cm³/mol. The average molecular weight is 361 g/mol. The van der Waals surface area contributed by atoms with Crippen molar-refractivity contribution in [2.45, 2.75) is 0 Å². The molecule has 0 aliphatic heterocycles. The van der Waals surface area contributed by atoms with E-state index in [0.29, 0.717) is 0 Å². The molecular weight excluding hydrogens is 358 g/mol. The minimum absolute atomic E-state index is 0. The maximum absolute atomic E-state index is 8.74. The maximum Gasteiger partial charge on any atom is 0.394 e. The van der Waals surface area contributed by atoms with E-state index in [0.717, 1.165) is 0 Å². The summed E-state index contributed by atoms with van der Waals surface area (Å²) in [7, 11) is -4.67. The second kappa shape index (κ2) is 12.4. The van der Waals surface area contributed by atoms with Gasteiger partial charge >= 0.3 is 10.4 Å². The van der Waals surface area contributed by atoms with Crippen molar-refractivity contribution in [2.75, 3.05) is 0 Å². The standard InChI is InChI=1S/2Ag.HNO2.H2O4S/c;;2-1-3;1-5(2,3)4/h;;(H,2,3);(H2,1,2,3,4). The second-order valence-electron chi connectivity index (χ2n) is 0.529. The van der Waals surface area contributed by atoms with Gasteiger partial charge in [-0.15, -0.1) is 4.91 Å². The van der Waals surface area contributed by atoms with Crippen LogP contribution in [0.1, 0.15) is 0 Å². The van der Waals surface area contributed by atoms with Crippen molar-refractivity contribution in [1.29, 1.82) is 0 Å². The molecule has 0 aromatic heterocycles. The molecule has 0 spiro atoms. The molecule has 2 radical (unpaired) electrons. The zero-order valence-electron chi connectivity index (χ0n) is 4.02. The van der Waals surface area contributed by atoms with Gasteiger partial charge in [-0.1, -0.05) is 0 Å². The van der Waals surface area contributed by atoms with E-state index in [1.165, 1.54) is 5.34 Å². The smallest absolute Gasteiger partial charge is 0.379 e. The first-order valence-electron chi connectivity index (χ1n) is 1.08. The van der Waals surface area contributed by atoms with Crippen LogP contribution in [0.4, 0.5) is 0 Å². The number of hydrogen-bond acceptors (Lipinski definition) is 4. The van der Waals surface area contributed by atoms with Crippen molar-refractivity contribution in [2.24, 2.45) is 5.34 Å². The summed E-state index contributed by atoms with van der Waals surface area (Å²) in [5, 5.41) is 7.89. The molecule has 0 aromatic rings. The molecule has 0 saturated heterocycles. The van der Waals surface area contributed by atoms with Gasteiger partial charge in [0.25, 0.3) is 0 Å². The van der Waals surface area contributed by atoms with E-state index in [-0.39, 0.29) is 44.8 Å². The van der Waals surface area contributed by atoms with Crippen LogP contribution < -0.4 is 0 Å². The molecule has 0 aliphatic rings. The fourth-order valence-electron chi connectivity index (χ4n) is 0. The quantitative estimate of drug-likeness (QED) is 0.231. The summed E-state index contributed by atoms with van der Waals surface area (Å²) in [6, 6.07) is 0. The molecule has 0 aliphatic carbocycles. The van der Waals surface area contributed by atoms with Gasteiger partial charge in [0, 0.05) is 44.8 Å². The van der Waals surface area contributed by atoms with Crippen LogP contribution in [0.5, 0.6) is 0 Å². The minimum atomic E-state index is -4.67. The van der Waals surface area contributed by atoms with Gasteiger partial charge in [0.05, 0.1) is 0 Å². The van der Waals surface area contributed by atoms with Gasteiger partial charge in [0.15, 0.2) is 5.34 Å². The minimum Gasteiger partial charge on any atom is -0.379 e. The Morgan fingerprint density at radius 2 is 1.10 bits per heavy atom. The van der Waals surface area contributed by atoms with Gasteiger partial charge in [0.2, 0.25) is 0 Å². The molecule has 0 fully saturated rings. The average Bonchev–Trinajstić information content (AvgIpc) is 1.27. The van der Waals surface area contributed by atoms with Crippen molar-refractivity contribution in [3.63, 3.8) is 0 Å². The molecule has 7 nitrogen and oxygen atoms in total. The van der Waals surface area contributed by atoms with Gasteiger partial charge in [-0.25, -0.2) is 0 Å². The zero-order valence-corrected chi connectivity index (χ0v) is 7.81. The van der Waals surface area contributed by atoms with Crippen LogP contribution >= 0.6 is 0 Å². The Balaban J connectivity index is -0.0000000326. The van der Waals surface area contributed by atoms with Crippen molar-refractivity contribution in [3.05, 3.63) is 4.91 Å². The molecule has 0 amide bonds. The van der Waals surface area contributed by atoms with Crippen LogP contribution in [0.3, 0.4) is 0 Å². The topological polar surface area (TPSA) is 124 Å². The molecule has 0 saturated carbocycles. The molecular formula is H3Ag2NO6S. The third kappa shape index (κ3) is 933. The Morgan fingerprint density at radius 3 is 1.10 bits per heavy atom. The summed E-state index contributed by atoms with van der Waals surface area (Å²) in [5.74, 6) is 0. The Labute approximate surface area is 87.7 Å². The van der Waals surface area contributed by atoms with E-state index in [1.54, 1.807) is 0 Å². The fraction of sp³-hybridized carbons (Fsp3) is 0. The first kappa shape index (κ1) is 22.4. The Morgan fingerprint density at radius 1 is 1.10 bits per heavy atom. The molecule has 0 bridgehead atoms. The van der Waals surface area contributed by atoms with E-state index in [2.05, 4.69) is 0 Å². The predicted octanol–water partition coefficient (Wildman–Crippen LogP) is -0.516. The van der Waals surface area contributed by atoms with Crippen LogP contribution in [-0.2, 0) is 55.2 Å². The van der Waals surface area contributed by atoms with Crippen LogP contribution in [-0.4, -0.2) is 22.7 Å². The first-order valence-corrected chi connectivity index (χ1v) is 2.48. The van der Waals surface area contributed by atoms with Gasteiger partial charge in [0.1, 0.15) is 0 Å². The van der Waals surface area contributed by atoms with E-state index in [1.807, 2.05) is 0 Å². The Bertz CT molecular complexity index is 130. The van der Waals surface area contributed by atoms with Crippen LogP contribution in [0.25, 0.3) is 0 Å². The van der Waals surface area contributed by atoms with Crippen molar-refractivity contribution in [1.82, 2.24) is 0 Å². The summed E-state index contributed by atoms with van der Waals surface area (Å²) >= 11 is 0. The van der Waals surface area contributed by atoms with Crippen LogP contribution in [0, 0.1) is 4.91 Å². The molecule has 72 valence electrons. The molecule has 10 heteroatoms. The largest absolute Gasteiger partial charge is 0.394 e. The molecule has 0 rings (SSSR count). The van der Waals surface area contributed by atoms with E-state index >= 15 is 0 Å². The number of nitrogens with zero attached hydrogens (tertiary/aromatic N) is 1. The zero-order chi connectivity index (χ0) is 7.21. The third-order valence-electron chi connectivity index (χ3n) is 0. The molecule has 0 unspecified atom stereocenters.